The van der Waals surface area contributed by atoms with Crippen LogP contribution in [0.3, 0.4) is 0 Å². The Morgan fingerprint density at radius 3 is 2.82 bits per heavy atom. The van der Waals surface area contributed by atoms with Crippen LogP contribution in [-0.4, -0.2) is 5.11 Å². The van der Waals surface area contributed by atoms with E-state index in [4.69, 9.17) is 11.6 Å². The number of rotatable bonds is 3. The summed E-state index contributed by atoms with van der Waals surface area (Å²) in [6.07, 6.45) is -0.305. The molecule has 1 aromatic carbocycles. The van der Waals surface area contributed by atoms with E-state index in [1.165, 1.54) is 23.5 Å². The van der Waals surface area contributed by atoms with Crippen molar-refractivity contribution in [3.8, 4) is 0 Å². The van der Waals surface area contributed by atoms with Gasteiger partial charge in [0.15, 0.2) is 0 Å². The van der Waals surface area contributed by atoms with Crippen molar-refractivity contribution in [2.75, 3.05) is 0 Å². The molecule has 2 aromatic rings. The van der Waals surface area contributed by atoms with Crippen LogP contribution >= 0.6 is 22.9 Å². The Morgan fingerprint density at radius 1 is 1.47 bits per heavy atom. The zero-order valence-electron chi connectivity index (χ0n) is 9.28. The number of hydrogen-bond donors (Lipinski definition) is 1. The number of aliphatic hydroxyl groups excluding tert-OH is 1. The van der Waals surface area contributed by atoms with Crippen molar-refractivity contribution >= 4 is 22.9 Å². The Bertz CT molecular complexity index is 524. The van der Waals surface area contributed by atoms with Gasteiger partial charge in [0, 0.05) is 6.42 Å². The molecule has 0 fully saturated rings. The van der Waals surface area contributed by atoms with Crippen molar-refractivity contribution in [1.82, 2.24) is 0 Å². The van der Waals surface area contributed by atoms with Crippen molar-refractivity contribution in [3.05, 3.63) is 56.5 Å². The second-order valence-electron chi connectivity index (χ2n) is 3.95. The lowest BCUT2D eigenvalue weighted by atomic mass is 10.1. The Kier molecular flexibility index (Phi) is 3.82. The highest BCUT2D eigenvalue weighted by Gasteiger charge is 2.16. The molecule has 0 aliphatic heterocycles. The van der Waals surface area contributed by atoms with E-state index < -0.39 is 6.10 Å². The third-order valence-electron chi connectivity index (χ3n) is 2.55. The van der Waals surface area contributed by atoms with Crippen LogP contribution in [0.25, 0.3) is 0 Å². The van der Waals surface area contributed by atoms with Gasteiger partial charge in [-0.15, -0.1) is 11.3 Å². The van der Waals surface area contributed by atoms with E-state index in [0.29, 0.717) is 11.4 Å². The zero-order chi connectivity index (χ0) is 12.4. The van der Waals surface area contributed by atoms with Crippen LogP contribution in [0.1, 0.15) is 22.1 Å². The summed E-state index contributed by atoms with van der Waals surface area (Å²) in [6.45, 7) is 1.90. The quantitative estimate of drug-likeness (QED) is 0.889. The minimum atomic E-state index is -0.678. The van der Waals surface area contributed by atoms with E-state index in [1.54, 1.807) is 12.1 Å². The number of halogens is 2. The van der Waals surface area contributed by atoms with Crippen LogP contribution in [0, 0.1) is 12.7 Å². The summed E-state index contributed by atoms with van der Waals surface area (Å²) in [5.74, 6) is -0.289. The lowest BCUT2D eigenvalue weighted by Gasteiger charge is -2.09. The molecule has 0 aliphatic rings. The summed E-state index contributed by atoms with van der Waals surface area (Å²) >= 11 is 7.51. The van der Waals surface area contributed by atoms with Gasteiger partial charge in [0.2, 0.25) is 0 Å². The first-order chi connectivity index (χ1) is 8.08. The van der Waals surface area contributed by atoms with E-state index in [1.807, 2.05) is 12.3 Å². The minimum absolute atomic E-state index is 0.289. The van der Waals surface area contributed by atoms with E-state index >= 15 is 0 Å². The van der Waals surface area contributed by atoms with Gasteiger partial charge in [-0.1, -0.05) is 23.7 Å². The fourth-order valence-corrected chi connectivity index (χ4v) is 2.96. The molecule has 0 amide bonds. The number of aliphatic hydroxyl groups is 1. The maximum Gasteiger partial charge on any atom is 0.123 e. The molecular weight excluding hydrogens is 259 g/mol. The maximum atomic E-state index is 13.0. The summed E-state index contributed by atoms with van der Waals surface area (Å²) in [4.78, 5) is 0.744. The van der Waals surface area contributed by atoms with Gasteiger partial charge in [0.05, 0.1) is 16.0 Å². The average molecular weight is 271 g/mol. The lowest BCUT2D eigenvalue weighted by Crippen LogP contribution is -2.00. The van der Waals surface area contributed by atoms with E-state index in [-0.39, 0.29) is 5.82 Å². The highest BCUT2D eigenvalue weighted by atomic mass is 35.5. The molecule has 17 heavy (non-hydrogen) atoms. The van der Waals surface area contributed by atoms with E-state index in [0.717, 1.165) is 16.0 Å². The molecular formula is C13H12ClFOS. The van der Waals surface area contributed by atoms with Crippen LogP contribution in [-0.2, 0) is 6.42 Å². The van der Waals surface area contributed by atoms with E-state index in [2.05, 4.69) is 0 Å². The Hall–Kier alpha value is -0.900. The molecule has 1 N–H and O–H groups in total. The number of benzene rings is 1. The molecule has 90 valence electrons. The fourth-order valence-electron chi connectivity index (χ4n) is 1.65. The van der Waals surface area contributed by atoms with Crippen molar-refractivity contribution in [2.24, 2.45) is 0 Å². The third kappa shape index (κ3) is 2.86. The van der Waals surface area contributed by atoms with Crippen LogP contribution < -0.4 is 0 Å². The van der Waals surface area contributed by atoms with Crippen LogP contribution in [0.5, 0.6) is 0 Å². The maximum absolute atomic E-state index is 13.0. The van der Waals surface area contributed by atoms with Gasteiger partial charge in [-0.2, -0.15) is 0 Å². The lowest BCUT2D eigenvalue weighted by molar-refractivity contribution is 0.182. The van der Waals surface area contributed by atoms with Gasteiger partial charge < -0.3 is 5.11 Å². The van der Waals surface area contributed by atoms with Gasteiger partial charge in [0.1, 0.15) is 5.82 Å². The highest BCUT2D eigenvalue weighted by molar-refractivity contribution is 7.10. The van der Waals surface area contributed by atoms with Crippen LogP contribution in [0.2, 0.25) is 5.02 Å². The number of thiophene rings is 1. The topological polar surface area (TPSA) is 20.2 Å². The molecule has 0 bridgehead atoms. The molecule has 0 aliphatic carbocycles. The third-order valence-corrected chi connectivity index (χ3v) is 4.36. The SMILES string of the molecule is Cc1csc(C(O)Cc2cccc(F)c2)c1Cl. The normalized spacial score (nSPS) is 12.7. The van der Waals surface area contributed by atoms with Crippen molar-refractivity contribution in [2.45, 2.75) is 19.4 Å². The fraction of sp³-hybridized carbons (Fsp3) is 0.231. The summed E-state index contributed by atoms with van der Waals surface area (Å²) in [7, 11) is 0. The number of hydrogen-bond acceptors (Lipinski definition) is 2. The second kappa shape index (κ2) is 5.17. The molecule has 0 spiro atoms. The Labute approximate surface area is 108 Å². The number of aryl methyl sites for hydroxylation is 1. The van der Waals surface area contributed by atoms with E-state index in [9.17, 15) is 9.50 Å². The molecule has 1 atom stereocenters. The first-order valence-electron chi connectivity index (χ1n) is 5.24. The molecule has 1 nitrogen and oxygen atoms in total. The standard InChI is InChI=1S/C13H12ClFOS/c1-8-7-17-13(12(8)14)11(16)6-9-3-2-4-10(15)5-9/h2-5,7,11,16H,6H2,1H3. The summed E-state index contributed by atoms with van der Waals surface area (Å²) in [5, 5.41) is 12.6. The molecule has 1 heterocycles. The smallest absolute Gasteiger partial charge is 0.123 e. The Balaban J connectivity index is 2.17. The zero-order valence-corrected chi connectivity index (χ0v) is 10.9. The molecule has 0 radical (unpaired) electrons. The summed E-state index contributed by atoms with van der Waals surface area (Å²) in [5.41, 5.74) is 1.73. The first kappa shape index (κ1) is 12.6. The monoisotopic (exact) mass is 270 g/mol. The van der Waals surface area contributed by atoms with Crippen LogP contribution in [0.4, 0.5) is 4.39 Å². The predicted molar refractivity (Wildman–Crippen MR) is 69.1 cm³/mol. The van der Waals surface area contributed by atoms with Gasteiger partial charge in [-0.05, 0) is 35.6 Å². The van der Waals surface area contributed by atoms with Crippen molar-refractivity contribution < 1.29 is 9.50 Å². The molecule has 4 heteroatoms. The van der Waals surface area contributed by atoms with Gasteiger partial charge in [-0.3, -0.25) is 0 Å². The van der Waals surface area contributed by atoms with Crippen molar-refractivity contribution in [1.29, 1.82) is 0 Å². The van der Waals surface area contributed by atoms with Crippen LogP contribution in [0.15, 0.2) is 29.6 Å². The first-order valence-corrected chi connectivity index (χ1v) is 6.49. The molecule has 0 saturated carbocycles. The average Bonchev–Trinajstić information content (AvgIpc) is 2.60. The summed E-state index contributed by atoms with van der Waals surface area (Å²) < 4.78 is 13.0. The predicted octanol–water partition coefficient (Wildman–Crippen LogP) is 4.13. The second-order valence-corrected chi connectivity index (χ2v) is 5.24. The minimum Gasteiger partial charge on any atom is -0.387 e. The molecule has 1 aromatic heterocycles. The highest BCUT2D eigenvalue weighted by Crippen LogP contribution is 2.33. The van der Waals surface area contributed by atoms with Gasteiger partial charge in [0.25, 0.3) is 0 Å². The summed E-state index contributed by atoms with van der Waals surface area (Å²) in [6, 6.07) is 6.25. The van der Waals surface area contributed by atoms with Crippen molar-refractivity contribution in [3.63, 3.8) is 0 Å². The molecule has 2 rings (SSSR count). The van der Waals surface area contributed by atoms with Gasteiger partial charge >= 0.3 is 0 Å². The molecule has 1 unspecified atom stereocenters. The largest absolute Gasteiger partial charge is 0.387 e. The Morgan fingerprint density at radius 2 is 2.24 bits per heavy atom. The molecule has 0 saturated heterocycles. The van der Waals surface area contributed by atoms with Gasteiger partial charge in [-0.25, -0.2) is 4.39 Å².